The van der Waals surface area contributed by atoms with Crippen LogP contribution in [0.25, 0.3) is 0 Å². The maximum absolute atomic E-state index is 12.0. The van der Waals surface area contributed by atoms with E-state index in [9.17, 15) is 9.59 Å². The molecule has 5 nitrogen and oxygen atoms in total. The van der Waals surface area contributed by atoms with Crippen LogP contribution < -0.4 is 10.6 Å². The topological polar surface area (TPSA) is 67.4 Å². The average molecular weight is 312 g/mol. The minimum absolute atomic E-state index is 0.0534. The van der Waals surface area contributed by atoms with Gasteiger partial charge in [-0.2, -0.15) is 0 Å². The van der Waals surface area contributed by atoms with E-state index in [0.717, 1.165) is 18.8 Å². The van der Waals surface area contributed by atoms with Crippen molar-refractivity contribution in [3.8, 4) is 0 Å². The third-order valence-electron chi connectivity index (χ3n) is 4.07. The Morgan fingerprint density at radius 2 is 1.82 bits per heavy atom. The number of carbonyl (C=O) groups is 2. The predicted molar refractivity (Wildman–Crippen MR) is 87.7 cm³/mol. The Labute approximate surface area is 134 Å². The van der Waals surface area contributed by atoms with E-state index in [4.69, 9.17) is 4.74 Å². The van der Waals surface area contributed by atoms with Crippen molar-refractivity contribution in [2.24, 2.45) is 5.92 Å². The van der Waals surface area contributed by atoms with Crippen molar-refractivity contribution in [2.75, 3.05) is 6.54 Å². The number of nitrogens with one attached hydrogen (secondary N) is 2. The third-order valence-corrected chi connectivity index (χ3v) is 4.07. The van der Waals surface area contributed by atoms with Gasteiger partial charge in [-0.05, 0) is 65.7 Å². The van der Waals surface area contributed by atoms with Gasteiger partial charge in [0.15, 0.2) is 0 Å². The van der Waals surface area contributed by atoms with Gasteiger partial charge < -0.3 is 15.4 Å². The highest BCUT2D eigenvalue weighted by Gasteiger charge is 2.30. The number of hydrogen-bond acceptors (Lipinski definition) is 3. The first kappa shape index (κ1) is 18.8. The summed E-state index contributed by atoms with van der Waals surface area (Å²) in [5, 5.41) is 5.83. The lowest BCUT2D eigenvalue weighted by Crippen LogP contribution is -2.48. The molecule has 0 atom stereocenters. The van der Waals surface area contributed by atoms with Gasteiger partial charge in [0, 0.05) is 18.5 Å². The van der Waals surface area contributed by atoms with E-state index in [2.05, 4.69) is 24.5 Å². The second-order valence-electron chi connectivity index (χ2n) is 7.82. The summed E-state index contributed by atoms with van der Waals surface area (Å²) in [6.45, 7) is 10.3. The van der Waals surface area contributed by atoms with Crippen LogP contribution in [0.3, 0.4) is 0 Å². The van der Waals surface area contributed by atoms with Crippen LogP contribution in [0.2, 0.25) is 0 Å². The minimum atomic E-state index is -0.492. The van der Waals surface area contributed by atoms with Gasteiger partial charge in [0.2, 0.25) is 5.91 Å². The lowest BCUT2D eigenvalue weighted by molar-refractivity contribution is -0.123. The molecule has 2 amide bonds. The van der Waals surface area contributed by atoms with Gasteiger partial charge in [-0.1, -0.05) is 6.92 Å². The molecule has 0 aliphatic heterocycles. The van der Waals surface area contributed by atoms with Crippen molar-refractivity contribution >= 4 is 12.0 Å². The van der Waals surface area contributed by atoms with E-state index in [-0.39, 0.29) is 11.4 Å². The highest BCUT2D eigenvalue weighted by molar-refractivity contribution is 5.76. The molecule has 0 aromatic rings. The summed E-state index contributed by atoms with van der Waals surface area (Å²) in [5.74, 6) is 0.839. The van der Waals surface area contributed by atoms with Crippen LogP contribution in [0.1, 0.15) is 73.1 Å². The quantitative estimate of drug-likeness (QED) is 0.765. The second-order valence-corrected chi connectivity index (χ2v) is 7.82. The molecule has 0 spiro atoms. The molecule has 2 N–H and O–H groups in total. The zero-order valence-corrected chi connectivity index (χ0v) is 14.8. The fraction of sp³-hybridized carbons (Fsp3) is 0.882. The van der Waals surface area contributed by atoms with Crippen LogP contribution in [0.15, 0.2) is 0 Å². The van der Waals surface area contributed by atoms with E-state index in [1.54, 1.807) is 0 Å². The predicted octanol–water partition coefficient (Wildman–Crippen LogP) is 3.38. The first-order chi connectivity index (χ1) is 10.1. The zero-order chi connectivity index (χ0) is 16.8. The summed E-state index contributed by atoms with van der Waals surface area (Å²) in [4.78, 5) is 23.5. The van der Waals surface area contributed by atoms with Crippen LogP contribution in [0.4, 0.5) is 4.79 Å². The van der Waals surface area contributed by atoms with E-state index in [1.165, 1.54) is 12.8 Å². The number of rotatable bonds is 5. The Balaban J connectivity index is 2.17. The SMILES string of the molecule is CC1CCC(C)(NC(=O)CCCNC(=O)OC(C)(C)C)CC1. The third kappa shape index (κ3) is 7.66. The van der Waals surface area contributed by atoms with Gasteiger partial charge in [0.1, 0.15) is 5.60 Å². The summed E-state index contributed by atoms with van der Waals surface area (Å²) in [6.07, 6.45) is 5.08. The monoisotopic (exact) mass is 312 g/mol. The highest BCUT2D eigenvalue weighted by Crippen LogP contribution is 2.31. The highest BCUT2D eigenvalue weighted by atomic mass is 16.6. The maximum atomic E-state index is 12.0. The average Bonchev–Trinajstić information content (AvgIpc) is 2.36. The summed E-state index contributed by atoms with van der Waals surface area (Å²) >= 11 is 0. The van der Waals surface area contributed by atoms with E-state index in [1.807, 2.05) is 20.8 Å². The summed E-state index contributed by atoms with van der Waals surface area (Å²) in [7, 11) is 0. The Morgan fingerprint density at radius 3 is 2.36 bits per heavy atom. The molecule has 1 fully saturated rings. The Bertz CT molecular complexity index is 380. The Kier molecular flexibility index (Phi) is 6.69. The molecule has 0 saturated heterocycles. The fourth-order valence-corrected chi connectivity index (χ4v) is 2.68. The molecule has 0 radical (unpaired) electrons. The van der Waals surface area contributed by atoms with Crippen molar-refractivity contribution in [2.45, 2.75) is 84.3 Å². The molecule has 0 aromatic heterocycles. The van der Waals surface area contributed by atoms with Gasteiger partial charge in [-0.3, -0.25) is 4.79 Å². The lowest BCUT2D eigenvalue weighted by Gasteiger charge is -2.37. The summed E-state index contributed by atoms with van der Waals surface area (Å²) in [5.41, 5.74) is -0.545. The number of hydrogen-bond donors (Lipinski definition) is 2. The van der Waals surface area contributed by atoms with Crippen molar-refractivity contribution in [1.82, 2.24) is 10.6 Å². The molecule has 1 saturated carbocycles. The van der Waals surface area contributed by atoms with Crippen LogP contribution in [0, 0.1) is 5.92 Å². The molecule has 1 aliphatic rings. The van der Waals surface area contributed by atoms with Gasteiger partial charge >= 0.3 is 6.09 Å². The molecule has 1 aliphatic carbocycles. The number of amides is 2. The van der Waals surface area contributed by atoms with Crippen LogP contribution in [-0.4, -0.2) is 29.7 Å². The first-order valence-electron chi connectivity index (χ1n) is 8.37. The smallest absolute Gasteiger partial charge is 0.407 e. The maximum Gasteiger partial charge on any atom is 0.407 e. The molecular weight excluding hydrogens is 280 g/mol. The first-order valence-corrected chi connectivity index (χ1v) is 8.37. The summed E-state index contributed by atoms with van der Waals surface area (Å²) < 4.78 is 5.14. The number of ether oxygens (including phenoxy) is 1. The second kappa shape index (κ2) is 7.84. The van der Waals surface area contributed by atoms with E-state index in [0.29, 0.717) is 19.4 Å². The van der Waals surface area contributed by atoms with Crippen molar-refractivity contribution in [1.29, 1.82) is 0 Å². The fourth-order valence-electron chi connectivity index (χ4n) is 2.68. The molecule has 0 heterocycles. The van der Waals surface area contributed by atoms with Crippen LogP contribution in [-0.2, 0) is 9.53 Å². The van der Waals surface area contributed by atoms with Crippen LogP contribution in [0.5, 0.6) is 0 Å². The Morgan fingerprint density at radius 1 is 1.23 bits per heavy atom. The van der Waals surface area contributed by atoms with Gasteiger partial charge in [0.05, 0.1) is 0 Å². The zero-order valence-electron chi connectivity index (χ0n) is 14.8. The summed E-state index contributed by atoms with van der Waals surface area (Å²) in [6, 6.07) is 0. The van der Waals surface area contributed by atoms with Crippen molar-refractivity contribution in [3.63, 3.8) is 0 Å². The number of alkyl carbamates (subject to hydrolysis) is 1. The van der Waals surface area contributed by atoms with Crippen LogP contribution >= 0.6 is 0 Å². The van der Waals surface area contributed by atoms with Crippen molar-refractivity contribution < 1.29 is 14.3 Å². The Hall–Kier alpha value is -1.26. The van der Waals surface area contributed by atoms with Gasteiger partial charge in [-0.15, -0.1) is 0 Å². The van der Waals surface area contributed by atoms with Gasteiger partial charge in [0.25, 0.3) is 0 Å². The van der Waals surface area contributed by atoms with E-state index < -0.39 is 11.7 Å². The number of carbonyl (C=O) groups excluding carboxylic acids is 2. The van der Waals surface area contributed by atoms with Gasteiger partial charge in [-0.25, -0.2) is 4.79 Å². The lowest BCUT2D eigenvalue weighted by atomic mass is 9.78. The molecule has 5 heteroatoms. The molecule has 128 valence electrons. The largest absolute Gasteiger partial charge is 0.444 e. The molecule has 0 aromatic carbocycles. The standard InChI is InChI=1S/C17H32N2O3/c1-13-8-10-17(5,11-9-13)19-14(20)7-6-12-18-15(21)22-16(2,3)4/h13H,6-12H2,1-5H3,(H,18,21)(H,19,20). The molecule has 0 unspecified atom stereocenters. The minimum Gasteiger partial charge on any atom is -0.444 e. The molecular formula is C17H32N2O3. The normalized spacial score (nSPS) is 25.4. The van der Waals surface area contributed by atoms with E-state index >= 15 is 0 Å². The molecule has 0 bridgehead atoms. The molecule has 1 rings (SSSR count). The van der Waals surface area contributed by atoms with Crippen molar-refractivity contribution in [3.05, 3.63) is 0 Å². The molecule has 22 heavy (non-hydrogen) atoms.